The summed E-state index contributed by atoms with van der Waals surface area (Å²) in [6.07, 6.45) is 1.99. The van der Waals surface area contributed by atoms with Gasteiger partial charge in [0.2, 0.25) is 0 Å². The number of carbonyl (C=O) groups is 1. The molecule has 1 fully saturated rings. The third kappa shape index (κ3) is 2.90. The molecule has 19 heavy (non-hydrogen) atoms. The Morgan fingerprint density at radius 2 is 2.21 bits per heavy atom. The number of nitrogens with zero attached hydrogens (tertiary/aromatic N) is 4. The van der Waals surface area contributed by atoms with Gasteiger partial charge in [0.25, 0.3) is 5.91 Å². The van der Waals surface area contributed by atoms with Gasteiger partial charge in [0, 0.05) is 27.3 Å². The Hall–Kier alpha value is -1.53. The lowest BCUT2D eigenvalue weighted by Gasteiger charge is -2.44. The Morgan fingerprint density at radius 3 is 2.58 bits per heavy atom. The van der Waals surface area contributed by atoms with E-state index in [0.717, 1.165) is 0 Å². The summed E-state index contributed by atoms with van der Waals surface area (Å²) >= 11 is 5.78. The molecule has 106 valence electrons. The highest BCUT2D eigenvalue weighted by atomic mass is 35.5. The van der Waals surface area contributed by atoms with Crippen LogP contribution in [0.25, 0.3) is 0 Å². The van der Waals surface area contributed by atoms with Crippen molar-refractivity contribution in [2.24, 2.45) is 10.7 Å². The van der Waals surface area contributed by atoms with E-state index in [-0.39, 0.29) is 17.1 Å². The van der Waals surface area contributed by atoms with Crippen LogP contribution in [0.5, 0.6) is 0 Å². The first kappa shape index (κ1) is 15.5. The van der Waals surface area contributed by atoms with E-state index in [1.165, 1.54) is 11.1 Å². The molecule has 0 aliphatic carbocycles. The lowest BCUT2D eigenvalue weighted by Crippen LogP contribution is -2.61. The highest BCUT2D eigenvalue weighted by molar-refractivity contribution is 6.30. The molecule has 6 nitrogen and oxygen atoms in total. The lowest BCUT2D eigenvalue weighted by molar-refractivity contribution is -0.138. The minimum atomic E-state index is -0.335. The molecule has 1 amide bonds. The van der Waals surface area contributed by atoms with Crippen LogP contribution in [0, 0.1) is 0 Å². The molecule has 1 rings (SSSR count). The first-order valence-electron chi connectivity index (χ1n) is 5.94. The number of likely N-dealkylation sites (N-methyl/N-ethyl adjacent to an activating group) is 1. The summed E-state index contributed by atoms with van der Waals surface area (Å²) in [5.74, 6) is 0.480. The van der Waals surface area contributed by atoms with Crippen molar-refractivity contribution < 1.29 is 4.79 Å². The number of hydrogen-bond donors (Lipinski definition) is 1. The SMILES string of the molecule is C=C(Cl)N=C1/C(=C\N)N(C)C(=O)C(CC)N1N(C)C. The van der Waals surface area contributed by atoms with E-state index in [9.17, 15) is 4.79 Å². The molecule has 1 atom stereocenters. The normalized spacial score (nSPS) is 24.7. The molecule has 0 bridgehead atoms. The first-order valence-corrected chi connectivity index (χ1v) is 6.32. The van der Waals surface area contributed by atoms with Gasteiger partial charge in [-0.3, -0.25) is 9.80 Å². The van der Waals surface area contributed by atoms with Crippen LogP contribution in [0.2, 0.25) is 0 Å². The van der Waals surface area contributed by atoms with E-state index in [1.54, 1.807) is 17.1 Å². The topological polar surface area (TPSA) is 65.2 Å². The lowest BCUT2D eigenvalue weighted by atomic mass is 10.1. The summed E-state index contributed by atoms with van der Waals surface area (Å²) in [6.45, 7) is 5.51. The third-order valence-corrected chi connectivity index (χ3v) is 3.01. The fourth-order valence-electron chi connectivity index (χ4n) is 2.09. The molecule has 0 aromatic rings. The molecule has 1 aliphatic rings. The van der Waals surface area contributed by atoms with Crippen molar-refractivity contribution >= 4 is 23.3 Å². The van der Waals surface area contributed by atoms with Crippen LogP contribution in [0.1, 0.15) is 13.3 Å². The van der Waals surface area contributed by atoms with Crippen molar-refractivity contribution in [1.82, 2.24) is 14.9 Å². The monoisotopic (exact) mass is 285 g/mol. The number of hydrogen-bond acceptors (Lipinski definition) is 4. The number of piperazine rings is 1. The molecular formula is C12H20ClN5O. The van der Waals surface area contributed by atoms with Gasteiger partial charge in [-0.25, -0.2) is 10.0 Å². The molecular weight excluding hydrogens is 266 g/mol. The quantitative estimate of drug-likeness (QED) is 0.783. The molecule has 0 saturated carbocycles. The number of carbonyl (C=O) groups excluding carboxylic acids is 1. The minimum Gasteiger partial charge on any atom is -0.403 e. The third-order valence-electron chi connectivity index (χ3n) is 2.92. The highest BCUT2D eigenvalue weighted by Gasteiger charge is 2.40. The predicted molar refractivity (Wildman–Crippen MR) is 77.1 cm³/mol. The van der Waals surface area contributed by atoms with Crippen molar-refractivity contribution in [3.8, 4) is 0 Å². The van der Waals surface area contributed by atoms with E-state index in [2.05, 4.69) is 11.6 Å². The van der Waals surface area contributed by atoms with E-state index in [1.807, 2.05) is 21.0 Å². The van der Waals surface area contributed by atoms with Gasteiger partial charge in [0.15, 0.2) is 5.84 Å². The number of amidine groups is 1. The van der Waals surface area contributed by atoms with E-state index in [4.69, 9.17) is 17.3 Å². The van der Waals surface area contributed by atoms with Crippen molar-refractivity contribution in [2.75, 3.05) is 21.1 Å². The second kappa shape index (κ2) is 6.08. The van der Waals surface area contributed by atoms with Crippen LogP contribution in [0.15, 0.2) is 28.6 Å². The van der Waals surface area contributed by atoms with Crippen molar-refractivity contribution in [1.29, 1.82) is 0 Å². The smallest absolute Gasteiger partial charge is 0.251 e. The molecule has 0 aromatic carbocycles. The summed E-state index contributed by atoms with van der Waals surface area (Å²) in [7, 11) is 5.34. The zero-order valence-corrected chi connectivity index (χ0v) is 12.5. The average molecular weight is 286 g/mol. The van der Waals surface area contributed by atoms with Gasteiger partial charge in [-0.2, -0.15) is 0 Å². The van der Waals surface area contributed by atoms with E-state index < -0.39 is 0 Å². The number of amides is 1. The second-order valence-electron chi connectivity index (χ2n) is 4.38. The molecule has 1 aliphatic heterocycles. The van der Waals surface area contributed by atoms with Crippen LogP contribution in [-0.2, 0) is 4.79 Å². The summed E-state index contributed by atoms with van der Waals surface area (Å²) < 4.78 is 0. The summed E-state index contributed by atoms with van der Waals surface area (Å²) in [5.41, 5.74) is 6.12. The molecule has 0 aromatic heterocycles. The molecule has 0 radical (unpaired) electrons. The zero-order valence-electron chi connectivity index (χ0n) is 11.7. The molecule has 1 unspecified atom stereocenters. The predicted octanol–water partition coefficient (Wildman–Crippen LogP) is 0.924. The standard InChI is InChI=1S/C12H20ClN5O/c1-6-9-12(19)17(5)10(7-14)11(15-8(2)13)18(9)16(3)4/h7,9H,2,6,14H2,1,3-5H3/b10-7+,15-11?. The van der Waals surface area contributed by atoms with Crippen LogP contribution < -0.4 is 5.73 Å². The maximum Gasteiger partial charge on any atom is 0.251 e. The molecule has 7 heteroatoms. The average Bonchev–Trinajstić information content (AvgIpc) is 2.32. The maximum absolute atomic E-state index is 12.3. The Balaban J connectivity index is 3.41. The van der Waals surface area contributed by atoms with Crippen molar-refractivity contribution in [3.05, 3.63) is 23.6 Å². The van der Waals surface area contributed by atoms with Gasteiger partial charge >= 0.3 is 0 Å². The fraction of sp³-hybridized carbons (Fsp3) is 0.500. The first-order chi connectivity index (χ1) is 8.84. The van der Waals surface area contributed by atoms with E-state index in [0.29, 0.717) is 18.0 Å². The summed E-state index contributed by atoms with van der Waals surface area (Å²) in [6, 6.07) is -0.335. The zero-order chi connectivity index (χ0) is 14.7. The van der Waals surface area contributed by atoms with Gasteiger partial charge in [-0.15, -0.1) is 0 Å². The van der Waals surface area contributed by atoms with Gasteiger partial charge in [0.05, 0.1) is 0 Å². The van der Waals surface area contributed by atoms with E-state index >= 15 is 0 Å². The number of aliphatic imine (C=N–C) groups is 1. The molecule has 2 N–H and O–H groups in total. The van der Waals surface area contributed by atoms with Crippen molar-refractivity contribution in [2.45, 2.75) is 19.4 Å². The number of rotatable bonds is 3. The largest absolute Gasteiger partial charge is 0.403 e. The summed E-state index contributed by atoms with van der Waals surface area (Å²) in [4.78, 5) is 18.0. The van der Waals surface area contributed by atoms with Gasteiger partial charge < -0.3 is 10.6 Å². The van der Waals surface area contributed by atoms with Gasteiger partial charge in [-0.05, 0) is 6.42 Å². The molecule has 1 saturated heterocycles. The van der Waals surface area contributed by atoms with Crippen LogP contribution in [-0.4, -0.2) is 53.8 Å². The molecule has 0 spiro atoms. The fourth-order valence-corrected chi connectivity index (χ4v) is 2.17. The Kier molecular flexibility index (Phi) is 4.97. The van der Waals surface area contributed by atoms with Crippen LogP contribution >= 0.6 is 11.6 Å². The van der Waals surface area contributed by atoms with Crippen LogP contribution in [0.4, 0.5) is 0 Å². The molecule has 1 heterocycles. The summed E-state index contributed by atoms with van der Waals surface area (Å²) in [5, 5.41) is 3.70. The van der Waals surface area contributed by atoms with Gasteiger partial charge in [-0.1, -0.05) is 25.1 Å². The Bertz CT molecular complexity index is 443. The van der Waals surface area contributed by atoms with Crippen LogP contribution in [0.3, 0.4) is 0 Å². The minimum absolute atomic E-state index is 0.0352. The Labute approximate surface area is 118 Å². The van der Waals surface area contributed by atoms with Crippen molar-refractivity contribution in [3.63, 3.8) is 0 Å². The second-order valence-corrected chi connectivity index (χ2v) is 4.81. The number of hydrazine groups is 1. The maximum atomic E-state index is 12.3. The highest BCUT2D eigenvalue weighted by Crippen LogP contribution is 2.24. The number of halogens is 1. The van der Waals surface area contributed by atoms with Gasteiger partial charge in [0.1, 0.15) is 16.9 Å². The Morgan fingerprint density at radius 1 is 1.63 bits per heavy atom. The number of nitrogens with two attached hydrogens (primary N) is 1.